The van der Waals surface area contributed by atoms with E-state index in [2.05, 4.69) is 24.3 Å². The van der Waals surface area contributed by atoms with Crippen molar-refractivity contribution in [2.24, 2.45) is 0 Å². The number of anilines is 1. The molecule has 0 fully saturated rings. The quantitative estimate of drug-likeness (QED) is 0.617. The molecule has 3 aromatic carbocycles. The van der Waals surface area contributed by atoms with E-state index in [1.54, 1.807) is 11.8 Å². The molecule has 116 valence electrons. The largest absolute Gasteiger partial charge is 0.312 e. The van der Waals surface area contributed by atoms with Crippen molar-refractivity contribution in [3.8, 4) is 0 Å². The Balaban J connectivity index is 1.75. The van der Waals surface area contributed by atoms with Crippen molar-refractivity contribution < 1.29 is 4.79 Å². The SMILES string of the molecule is CCN(C(=O)CSc1cccc2ccccc12)c1ccccc1. The van der Waals surface area contributed by atoms with Crippen LogP contribution in [-0.2, 0) is 4.79 Å². The average Bonchev–Trinajstić information content (AvgIpc) is 2.61. The first-order chi connectivity index (χ1) is 11.3. The zero-order valence-electron chi connectivity index (χ0n) is 13.1. The van der Waals surface area contributed by atoms with Gasteiger partial charge >= 0.3 is 0 Å². The Bertz CT molecular complexity index is 796. The number of carbonyl (C=O) groups excluding carboxylic acids is 1. The molecule has 0 bridgehead atoms. The number of para-hydroxylation sites is 1. The molecule has 0 aliphatic heterocycles. The number of rotatable bonds is 5. The van der Waals surface area contributed by atoms with E-state index in [9.17, 15) is 4.79 Å². The highest BCUT2D eigenvalue weighted by atomic mass is 32.2. The summed E-state index contributed by atoms with van der Waals surface area (Å²) in [5, 5.41) is 2.41. The van der Waals surface area contributed by atoms with Gasteiger partial charge in [0.15, 0.2) is 0 Å². The fraction of sp³-hybridized carbons (Fsp3) is 0.150. The number of hydrogen-bond acceptors (Lipinski definition) is 2. The molecule has 0 radical (unpaired) electrons. The average molecular weight is 321 g/mol. The van der Waals surface area contributed by atoms with Crippen molar-refractivity contribution in [2.75, 3.05) is 17.2 Å². The van der Waals surface area contributed by atoms with Crippen LogP contribution in [0.15, 0.2) is 77.7 Å². The lowest BCUT2D eigenvalue weighted by Crippen LogP contribution is -2.32. The van der Waals surface area contributed by atoms with Gasteiger partial charge < -0.3 is 4.90 Å². The Labute approximate surface area is 141 Å². The molecule has 3 heteroatoms. The summed E-state index contributed by atoms with van der Waals surface area (Å²) >= 11 is 1.61. The number of hydrogen-bond donors (Lipinski definition) is 0. The smallest absolute Gasteiger partial charge is 0.237 e. The van der Waals surface area contributed by atoms with Crippen molar-refractivity contribution >= 4 is 34.1 Å². The lowest BCUT2D eigenvalue weighted by atomic mass is 10.1. The molecule has 0 heterocycles. The first-order valence-electron chi connectivity index (χ1n) is 7.75. The minimum Gasteiger partial charge on any atom is -0.312 e. The summed E-state index contributed by atoms with van der Waals surface area (Å²) in [6, 6.07) is 24.4. The first-order valence-corrected chi connectivity index (χ1v) is 8.74. The van der Waals surface area contributed by atoms with Gasteiger partial charge in [0.05, 0.1) is 5.75 Å². The third-order valence-electron chi connectivity index (χ3n) is 3.79. The van der Waals surface area contributed by atoms with Crippen molar-refractivity contribution in [1.82, 2.24) is 0 Å². The number of amides is 1. The molecule has 0 spiro atoms. The van der Waals surface area contributed by atoms with Crippen molar-refractivity contribution in [3.63, 3.8) is 0 Å². The van der Waals surface area contributed by atoms with Crippen LogP contribution in [0, 0.1) is 0 Å². The summed E-state index contributed by atoms with van der Waals surface area (Å²) in [6.45, 7) is 2.69. The molecule has 3 aromatic rings. The molecule has 0 aliphatic carbocycles. The number of benzene rings is 3. The van der Waals surface area contributed by atoms with Crippen LogP contribution in [0.5, 0.6) is 0 Å². The van der Waals surface area contributed by atoms with Crippen LogP contribution in [0.25, 0.3) is 10.8 Å². The van der Waals surface area contributed by atoms with E-state index < -0.39 is 0 Å². The van der Waals surface area contributed by atoms with E-state index in [0.717, 1.165) is 10.6 Å². The highest BCUT2D eigenvalue weighted by Gasteiger charge is 2.14. The maximum absolute atomic E-state index is 12.6. The standard InChI is InChI=1S/C20H19NOS/c1-2-21(17-11-4-3-5-12-17)20(22)15-23-19-14-8-10-16-9-6-7-13-18(16)19/h3-14H,2,15H2,1H3. The molecule has 3 rings (SSSR count). The molecule has 0 N–H and O–H groups in total. The summed E-state index contributed by atoms with van der Waals surface area (Å²) in [5.74, 6) is 0.577. The van der Waals surface area contributed by atoms with Gasteiger partial charge in [-0.3, -0.25) is 4.79 Å². The Morgan fingerprint density at radius 3 is 2.39 bits per heavy atom. The highest BCUT2D eigenvalue weighted by molar-refractivity contribution is 8.00. The van der Waals surface area contributed by atoms with Gasteiger partial charge in [0.1, 0.15) is 0 Å². The second-order valence-corrected chi connectivity index (χ2v) is 6.26. The molecule has 0 aliphatic rings. The van der Waals surface area contributed by atoms with E-state index in [0.29, 0.717) is 12.3 Å². The summed E-state index contributed by atoms with van der Waals surface area (Å²) in [5.41, 5.74) is 0.957. The van der Waals surface area contributed by atoms with Gasteiger partial charge in [-0.25, -0.2) is 0 Å². The Hall–Kier alpha value is -2.26. The van der Waals surface area contributed by atoms with E-state index >= 15 is 0 Å². The molecule has 1 amide bonds. The predicted octanol–water partition coefficient (Wildman–Crippen LogP) is 4.99. The van der Waals surface area contributed by atoms with Gasteiger partial charge in [-0.05, 0) is 35.9 Å². The molecular formula is C20H19NOS. The Kier molecular flexibility index (Phi) is 4.99. The van der Waals surface area contributed by atoms with Crippen molar-refractivity contribution in [3.05, 3.63) is 72.8 Å². The van der Waals surface area contributed by atoms with Gasteiger partial charge in [0.25, 0.3) is 0 Å². The molecule has 0 aromatic heterocycles. The summed E-state index contributed by atoms with van der Waals surface area (Å²) in [6.07, 6.45) is 0. The van der Waals surface area contributed by atoms with Gasteiger partial charge in [-0.2, -0.15) is 0 Å². The van der Waals surface area contributed by atoms with Crippen LogP contribution in [0.2, 0.25) is 0 Å². The van der Waals surface area contributed by atoms with Crippen LogP contribution in [0.3, 0.4) is 0 Å². The van der Waals surface area contributed by atoms with Gasteiger partial charge in [-0.15, -0.1) is 11.8 Å². The predicted molar refractivity (Wildman–Crippen MR) is 99.1 cm³/mol. The van der Waals surface area contributed by atoms with Crippen LogP contribution in [-0.4, -0.2) is 18.2 Å². The van der Waals surface area contributed by atoms with Crippen LogP contribution >= 0.6 is 11.8 Å². The third-order valence-corrected chi connectivity index (χ3v) is 4.84. The second-order valence-electron chi connectivity index (χ2n) is 5.24. The van der Waals surface area contributed by atoms with E-state index in [4.69, 9.17) is 0 Å². The first kappa shape index (κ1) is 15.6. The minimum atomic E-state index is 0.136. The van der Waals surface area contributed by atoms with Gasteiger partial charge in [0, 0.05) is 17.1 Å². The van der Waals surface area contributed by atoms with Crippen LogP contribution < -0.4 is 4.90 Å². The highest BCUT2D eigenvalue weighted by Crippen LogP contribution is 2.28. The molecule has 2 nitrogen and oxygen atoms in total. The second kappa shape index (κ2) is 7.34. The lowest BCUT2D eigenvalue weighted by Gasteiger charge is -2.21. The molecule has 0 saturated heterocycles. The van der Waals surface area contributed by atoms with Crippen LogP contribution in [0.1, 0.15) is 6.92 Å². The molecule has 0 saturated carbocycles. The lowest BCUT2D eigenvalue weighted by molar-refractivity contribution is -0.116. The van der Waals surface area contributed by atoms with E-state index in [1.807, 2.05) is 60.4 Å². The van der Waals surface area contributed by atoms with Crippen LogP contribution in [0.4, 0.5) is 5.69 Å². The van der Waals surface area contributed by atoms with E-state index in [1.165, 1.54) is 10.8 Å². The summed E-state index contributed by atoms with van der Waals surface area (Å²) in [7, 11) is 0. The summed E-state index contributed by atoms with van der Waals surface area (Å²) < 4.78 is 0. The van der Waals surface area contributed by atoms with Crippen molar-refractivity contribution in [1.29, 1.82) is 0 Å². The van der Waals surface area contributed by atoms with Crippen molar-refractivity contribution in [2.45, 2.75) is 11.8 Å². The maximum atomic E-state index is 12.6. The topological polar surface area (TPSA) is 20.3 Å². The number of nitrogens with zero attached hydrogens (tertiary/aromatic N) is 1. The number of fused-ring (bicyclic) bond motifs is 1. The third kappa shape index (κ3) is 3.57. The Morgan fingerprint density at radius 1 is 0.913 bits per heavy atom. The molecule has 0 unspecified atom stereocenters. The fourth-order valence-corrected chi connectivity index (χ4v) is 3.60. The maximum Gasteiger partial charge on any atom is 0.237 e. The Morgan fingerprint density at radius 2 is 1.61 bits per heavy atom. The summed E-state index contributed by atoms with van der Waals surface area (Å²) in [4.78, 5) is 15.6. The van der Waals surface area contributed by atoms with Gasteiger partial charge in [-0.1, -0.05) is 54.6 Å². The number of thioether (sulfide) groups is 1. The van der Waals surface area contributed by atoms with Gasteiger partial charge in [0.2, 0.25) is 5.91 Å². The van der Waals surface area contributed by atoms with E-state index in [-0.39, 0.29) is 5.91 Å². The monoisotopic (exact) mass is 321 g/mol. The minimum absolute atomic E-state index is 0.136. The zero-order valence-corrected chi connectivity index (χ0v) is 13.9. The normalized spacial score (nSPS) is 10.7. The molecule has 0 atom stereocenters. The fourth-order valence-electron chi connectivity index (χ4n) is 2.65. The molecule has 23 heavy (non-hydrogen) atoms. The molecular weight excluding hydrogens is 302 g/mol. The zero-order chi connectivity index (χ0) is 16.1. The number of carbonyl (C=O) groups is 1.